The summed E-state index contributed by atoms with van der Waals surface area (Å²) >= 11 is 2.57. The third kappa shape index (κ3) is 2.78. The lowest BCUT2D eigenvalue weighted by molar-refractivity contribution is -0.115. The normalized spacial score (nSPS) is 16.3. The van der Waals surface area contributed by atoms with E-state index >= 15 is 0 Å². The fraction of sp³-hybridized carbons (Fsp3) is 0. The number of aromatic nitrogens is 1. The lowest BCUT2D eigenvalue weighted by Crippen LogP contribution is -2.17. The van der Waals surface area contributed by atoms with Crippen LogP contribution < -0.4 is 5.32 Å². The maximum absolute atomic E-state index is 11.5. The molecule has 6 heteroatoms. The topological polar surface area (TPSA) is 59.1 Å². The minimum Gasteiger partial charge on any atom is -0.282 e. The van der Waals surface area contributed by atoms with Crippen LogP contribution in [0.15, 0.2) is 53.4 Å². The van der Waals surface area contributed by atoms with Crippen LogP contribution >= 0.6 is 23.1 Å². The van der Waals surface area contributed by atoms with Crippen molar-refractivity contribution < 1.29 is 9.59 Å². The summed E-state index contributed by atoms with van der Waals surface area (Å²) in [6.07, 6.45) is 1.72. The van der Waals surface area contributed by atoms with Crippen molar-refractivity contribution in [1.82, 2.24) is 10.3 Å². The molecule has 4 nitrogen and oxygen atoms in total. The predicted molar refractivity (Wildman–Crippen MR) is 94.2 cm³/mol. The summed E-state index contributed by atoms with van der Waals surface area (Å²) in [5.74, 6) is -0.338. The van der Waals surface area contributed by atoms with Gasteiger partial charge in [0.1, 0.15) is 5.01 Å². The molecule has 0 aliphatic carbocycles. The van der Waals surface area contributed by atoms with Crippen LogP contribution in [0, 0.1) is 0 Å². The molecule has 2 aromatic carbocycles. The molecule has 0 unspecified atom stereocenters. The summed E-state index contributed by atoms with van der Waals surface area (Å²) in [7, 11) is 0. The molecule has 1 N–H and O–H groups in total. The monoisotopic (exact) mass is 338 g/mol. The van der Waals surface area contributed by atoms with Crippen molar-refractivity contribution in [3.63, 3.8) is 0 Å². The minimum atomic E-state index is -0.338. The highest BCUT2D eigenvalue weighted by atomic mass is 32.2. The zero-order chi connectivity index (χ0) is 15.8. The molecule has 0 saturated carbocycles. The van der Waals surface area contributed by atoms with Crippen LogP contribution in [0.2, 0.25) is 0 Å². The van der Waals surface area contributed by atoms with Crippen LogP contribution in [-0.2, 0) is 4.79 Å². The van der Waals surface area contributed by atoms with Gasteiger partial charge in [-0.25, -0.2) is 4.98 Å². The van der Waals surface area contributed by atoms with Crippen LogP contribution in [0.1, 0.15) is 5.56 Å². The molecule has 1 saturated heterocycles. The van der Waals surface area contributed by atoms with Gasteiger partial charge in [0, 0.05) is 5.56 Å². The molecule has 112 valence electrons. The van der Waals surface area contributed by atoms with Gasteiger partial charge in [-0.2, -0.15) is 0 Å². The van der Waals surface area contributed by atoms with E-state index in [1.165, 1.54) is 0 Å². The number of thiazole rings is 1. The number of carbonyl (C=O) groups excluding carboxylic acids is 2. The zero-order valence-electron chi connectivity index (χ0n) is 11.8. The zero-order valence-corrected chi connectivity index (χ0v) is 13.4. The van der Waals surface area contributed by atoms with Gasteiger partial charge in [-0.05, 0) is 35.5 Å². The number of amides is 2. The highest BCUT2D eigenvalue weighted by Crippen LogP contribution is 2.31. The molecule has 0 bridgehead atoms. The number of rotatable bonds is 2. The summed E-state index contributed by atoms with van der Waals surface area (Å²) in [4.78, 5) is 27.8. The van der Waals surface area contributed by atoms with Crippen LogP contribution in [0.4, 0.5) is 4.79 Å². The first kappa shape index (κ1) is 14.2. The summed E-state index contributed by atoms with van der Waals surface area (Å²) < 4.78 is 1.16. The van der Waals surface area contributed by atoms with Gasteiger partial charge < -0.3 is 0 Å². The number of nitrogens with zero attached hydrogens (tertiary/aromatic N) is 1. The van der Waals surface area contributed by atoms with Gasteiger partial charge in [-0.1, -0.05) is 36.4 Å². The molecule has 3 aromatic rings. The number of benzene rings is 2. The van der Waals surface area contributed by atoms with Crippen molar-refractivity contribution in [2.75, 3.05) is 0 Å². The molecule has 23 heavy (non-hydrogen) atoms. The second kappa shape index (κ2) is 5.64. The molecule has 0 spiro atoms. The predicted octanol–water partition coefficient (Wildman–Crippen LogP) is 4.29. The molecule has 0 radical (unpaired) electrons. The van der Waals surface area contributed by atoms with Crippen LogP contribution in [-0.4, -0.2) is 16.1 Å². The van der Waals surface area contributed by atoms with E-state index in [0.29, 0.717) is 4.91 Å². The number of imide groups is 1. The summed E-state index contributed by atoms with van der Waals surface area (Å²) in [5.41, 5.74) is 2.91. The summed E-state index contributed by atoms with van der Waals surface area (Å²) in [6.45, 7) is 0. The third-order valence-electron chi connectivity index (χ3n) is 3.39. The van der Waals surface area contributed by atoms with E-state index < -0.39 is 0 Å². The number of nitrogens with one attached hydrogen (secondary N) is 1. The Kier molecular flexibility index (Phi) is 3.48. The third-order valence-corrected chi connectivity index (χ3v) is 5.29. The Balaban J connectivity index is 1.64. The molecule has 1 aliphatic heterocycles. The lowest BCUT2D eigenvalue weighted by atomic mass is 10.1. The van der Waals surface area contributed by atoms with E-state index in [9.17, 15) is 9.59 Å². The number of hydrogen-bond donors (Lipinski definition) is 1. The van der Waals surface area contributed by atoms with Crippen molar-refractivity contribution in [3.05, 3.63) is 59.0 Å². The van der Waals surface area contributed by atoms with Crippen molar-refractivity contribution in [1.29, 1.82) is 0 Å². The second-order valence-corrected chi connectivity index (χ2v) is 7.01. The van der Waals surface area contributed by atoms with Crippen molar-refractivity contribution in [2.24, 2.45) is 0 Å². The average Bonchev–Trinajstić information content (AvgIpc) is 3.11. The first-order chi connectivity index (χ1) is 11.2. The highest BCUT2D eigenvalue weighted by Gasteiger charge is 2.24. The van der Waals surface area contributed by atoms with E-state index in [1.807, 2.05) is 42.5 Å². The van der Waals surface area contributed by atoms with Gasteiger partial charge in [0.2, 0.25) is 0 Å². The number of thioether (sulfide) groups is 1. The average molecular weight is 338 g/mol. The van der Waals surface area contributed by atoms with E-state index in [-0.39, 0.29) is 11.1 Å². The molecule has 2 heterocycles. The molecular weight excluding hydrogens is 328 g/mol. The van der Waals surface area contributed by atoms with Gasteiger partial charge in [-0.3, -0.25) is 14.9 Å². The summed E-state index contributed by atoms with van der Waals surface area (Å²) in [6, 6.07) is 15.8. The molecule has 1 aliphatic rings. The number of fused-ring (bicyclic) bond motifs is 1. The Hall–Kier alpha value is -2.44. The Morgan fingerprint density at radius 3 is 2.48 bits per heavy atom. The maximum Gasteiger partial charge on any atom is 0.290 e. The molecule has 0 atom stereocenters. The van der Waals surface area contributed by atoms with Gasteiger partial charge in [0.15, 0.2) is 0 Å². The van der Waals surface area contributed by atoms with Crippen molar-refractivity contribution in [2.45, 2.75) is 0 Å². The number of para-hydroxylation sites is 1. The Labute approximate surface area is 140 Å². The summed E-state index contributed by atoms with van der Waals surface area (Å²) in [5, 5.41) is 2.89. The minimum absolute atomic E-state index is 0.327. The van der Waals surface area contributed by atoms with Crippen LogP contribution in [0.5, 0.6) is 0 Å². The quantitative estimate of drug-likeness (QED) is 0.708. The van der Waals surface area contributed by atoms with Crippen molar-refractivity contribution in [3.8, 4) is 10.6 Å². The standard InChI is InChI=1S/C17H10N2O2S2/c20-15-14(23-17(21)19-15)9-10-5-7-11(8-6-10)16-18-12-3-1-2-4-13(12)22-16/h1-9H,(H,19,20,21)/b14-9-. The van der Waals surface area contributed by atoms with Crippen LogP contribution in [0.25, 0.3) is 26.9 Å². The van der Waals surface area contributed by atoms with E-state index in [0.717, 1.165) is 38.1 Å². The molecule has 2 amide bonds. The molecule has 4 rings (SSSR count). The molecular formula is C17H10N2O2S2. The second-order valence-electron chi connectivity index (χ2n) is 4.96. The Morgan fingerprint density at radius 1 is 1.00 bits per heavy atom. The van der Waals surface area contributed by atoms with E-state index in [2.05, 4.69) is 16.4 Å². The Morgan fingerprint density at radius 2 is 1.78 bits per heavy atom. The first-order valence-electron chi connectivity index (χ1n) is 6.90. The molecule has 1 aromatic heterocycles. The van der Waals surface area contributed by atoms with Gasteiger partial charge in [-0.15, -0.1) is 11.3 Å². The maximum atomic E-state index is 11.5. The largest absolute Gasteiger partial charge is 0.290 e. The smallest absolute Gasteiger partial charge is 0.282 e. The molecule has 1 fully saturated rings. The van der Waals surface area contributed by atoms with Crippen molar-refractivity contribution >= 4 is 50.5 Å². The van der Waals surface area contributed by atoms with Crippen LogP contribution in [0.3, 0.4) is 0 Å². The number of carbonyl (C=O) groups is 2. The highest BCUT2D eigenvalue weighted by molar-refractivity contribution is 8.18. The SMILES string of the molecule is O=C1NC(=O)/C(=C/c2ccc(-c3nc4ccccc4s3)cc2)S1. The first-order valence-corrected chi connectivity index (χ1v) is 8.53. The fourth-order valence-electron chi connectivity index (χ4n) is 2.29. The Bertz CT molecular complexity index is 925. The van der Waals surface area contributed by atoms with Gasteiger partial charge >= 0.3 is 0 Å². The fourth-order valence-corrected chi connectivity index (χ4v) is 3.94. The van der Waals surface area contributed by atoms with E-state index in [4.69, 9.17) is 0 Å². The van der Waals surface area contributed by atoms with E-state index in [1.54, 1.807) is 17.4 Å². The number of hydrogen-bond acceptors (Lipinski definition) is 5. The lowest BCUT2D eigenvalue weighted by Gasteiger charge is -1.98. The van der Waals surface area contributed by atoms with Gasteiger partial charge in [0.25, 0.3) is 11.1 Å². The van der Waals surface area contributed by atoms with Gasteiger partial charge in [0.05, 0.1) is 15.1 Å².